The number of furan rings is 1. The van der Waals surface area contributed by atoms with Crippen LogP contribution in [0.1, 0.15) is 40.7 Å². The summed E-state index contributed by atoms with van der Waals surface area (Å²) in [6.07, 6.45) is 3.49. The lowest BCUT2D eigenvalue weighted by Crippen LogP contribution is -2.38. The Bertz CT molecular complexity index is 825. The van der Waals surface area contributed by atoms with E-state index in [-0.39, 0.29) is 36.7 Å². The Hall–Kier alpha value is -3.29. The summed E-state index contributed by atoms with van der Waals surface area (Å²) in [5.74, 6) is 0.589. The van der Waals surface area contributed by atoms with Crippen LogP contribution in [0.5, 0.6) is 0 Å². The van der Waals surface area contributed by atoms with Gasteiger partial charge in [0.25, 0.3) is 11.8 Å². The monoisotopic (exact) mass is 398 g/mol. The molecule has 0 aliphatic carbocycles. The molecule has 1 saturated heterocycles. The van der Waals surface area contributed by atoms with E-state index in [9.17, 15) is 14.4 Å². The molecule has 29 heavy (non-hydrogen) atoms. The molecule has 0 atom stereocenters. The van der Waals surface area contributed by atoms with Gasteiger partial charge in [0.2, 0.25) is 0 Å². The summed E-state index contributed by atoms with van der Waals surface area (Å²) in [5.41, 5.74) is 1.21. The van der Waals surface area contributed by atoms with Crippen molar-refractivity contribution in [3.63, 3.8) is 0 Å². The van der Waals surface area contributed by atoms with Crippen molar-refractivity contribution >= 4 is 23.5 Å². The highest BCUT2D eigenvalue weighted by Gasteiger charge is 2.21. The van der Waals surface area contributed by atoms with E-state index in [1.165, 1.54) is 6.26 Å². The third-order valence-electron chi connectivity index (χ3n) is 4.90. The molecule has 8 nitrogen and oxygen atoms in total. The first-order chi connectivity index (χ1) is 14.0. The lowest BCUT2D eigenvalue weighted by molar-refractivity contribution is 0.0697. The number of benzene rings is 1. The Kier molecular flexibility index (Phi) is 6.89. The molecule has 1 aliphatic rings. The van der Waals surface area contributed by atoms with Gasteiger partial charge >= 0.3 is 6.03 Å². The van der Waals surface area contributed by atoms with Crippen molar-refractivity contribution < 1.29 is 18.8 Å². The highest BCUT2D eigenvalue weighted by Crippen LogP contribution is 2.19. The molecular formula is C21H26N4O4. The van der Waals surface area contributed by atoms with Gasteiger partial charge in [0.1, 0.15) is 0 Å². The zero-order valence-corrected chi connectivity index (χ0v) is 16.4. The van der Waals surface area contributed by atoms with Crippen LogP contribution < -0.4 is 16.0 Å². The van der Waals surface area contributed by atoms with E-state index in [2.05, 4.69) is 22.9 Å². The van der Waals surface area contributed by atoms with Crippen LogP contribution in [0.3, 0.4) is 0 Å². The Labute approximate surface area is 169 Å². The number of hydrogen-bond acceptors (Lipinski definition) is 4. The first-order valence-corrected chi connectivity index (χ1v) is 9.79. The SMILES string of the molecule is CC1CCN(C(=O)c2ccc(NC(=O)NCCNC(=O)c3ccco3)cc2)CC1. The van der Waals surface area contributed by atoms with Gasteiger partial charge < -0.3 is 25.3 Å². The van der Waals surface area contributed by atoms with Crippen LogP contribution in [-0.2, 0) is 0 Å². The van der Waals surface area contributed by atoms with E-state index in [0.717, 1.165) is 25.9 Å². The lowest BCUT2D eigenvalue weighted by Gasteiger charge is -2.30. The minimum atomic E-state index is -0.388. The second-order valence-electron chi connectivity index (χ2n) is 7.17. The maximum Gasteiger partial charge on any atom is 0.319 e. The Morgan fingerprint density at radius 2 is 1.72 bits per heavy atom. The van der Waals surface area contributed by atoms with Crippen LogP contribution in [0.2, 0.25) is 0 Å². The Morgan fingerprint density at radius 3 is 2.38 bits per heavy atom. The van der Waals surface area contributed by atoms with Crippen LogP contribution in [-0.4, -0.2) is 48.9 Å². The molecule has 0 spiro atoms. The van der Waals surface area contributed by atoms with E-state index >= 15 is 0 Å². The number of hydrogen-bond donors (Lipinski definition) is 3. The van der Waals surface area contributed by atoms with Crippen LogP contribution in [0.4, 0.5) is 10.5 Å². The fourth-order valence-corrected chi connectivity index (χ4v) is 3.11. The Balaban J connectivity index is 1.39. The molecular weight excluding hydrogens is 372 g/mol. The average Bonchev–Trinajstić information content (AvgIpc) is 3.27. The van der Waals surface area contributed by atoms with E-state index < -0.39 is 0 Å². The molecule has 1 aromatic carbocycles. The fraction of sp³-hybridized carbons (Fsp3) is 0.381. The minimum absolute atomic E-state index is 0.0280. The van der Waals surface area contributed by atoms with E-state index in [0.29, 0.717) is 17.2 Å². The van der Waals surface area contributed by atoms with E-state index in [1.54, 1.807) is 36.4 Å². The standard InChI is InChI=1S/C21H26N4O4/c1-15-8-12-25(13-9-15)20(27)16-4-6-17(7-5-16)24-21(28)23-11-10-22-19(26)18-3-2-14-29-18/h2-7,14-15H,8-13H2,1H3,(H,22,26)(H2,23,24,28). The summed E-state index contributed by atoms with van der Waals surface area (Å²) in [4.78, 5) is 38.1. The van der Waals surface area contributed by atoms with Crippen molar-refractivity contribution in [3.8, 4) is 0 Å². The molecule has 0 saturated carbocycles. The van der Waals surface area contributed by atoms with Gasteiger partial charge in [0.05, 0.1) is 6.26 Å². The number of urea groups is 1. The summed E-state index contributed by atoms with van der Waals surface area (Å²) in [5, 5.41) is 8.00. The maximum absolute atomic E-state index is 12.5. The molecule has 0 radical (unpaired) electrons. The average molecular weight is 398 g/mol. The van der Waals surface area contributed by atoms with Crippen molar-refractivity contribution in [2.24, 2.45) is 5.92 Å². The normalized spacial score (nSPS) is 14.3. The second kappa shape index (κ2) is 9.77. The Morgan fingerprint density at radius 1 is 1.03 bits per heavy atom. The molecule has 0 bridgehead atoms. The summed E-state index contributed by atoms with van der Waals surface area (Å²) in [7, 11) is 0. The zero-order chi connectivity index (χ0) is 20.6. The quantitative estimate of drug-likeness (QED) is 0.651. The van der Waals surface area contributed by atoms with Gasteiger partial charge in [-0.15, -0.1) is 0 Å². The molecule has 3 rings (SSSR count). The van der Waals surface area contributed by atoms with Gasteiger partial charge in [-0.2, -0.15) is 0 Å². The van der Waals surface area contributed by atoms with Gasteiger partial charge in [0, 0.05) is 37.4 Å². The maximum atomic E-state index is 12.5. The van der Waals surface area contributed by atoms with Crippen molar-refractivity contribution in [1.29, 1.82) is 0 Å². The van der Waals surface area contributed by atoms with Crippen LogP contribution in [0.15, 0.2) is 47.1 Å². The van der Waals surface area contributed by atoms with Crippen molar-refractivity contribution in [2.75, 3.05) is 31.5 Å². The summed E-state index contributed by atoms with van der Waals surface area (Å²) >= 11 is 0. The number of piperidine rings is 1. The summed E-state index contributed by atoms with van der Waals surface area (Å²) in [6.45, 7) is 4.33. The third-order valence-corrected chi connectivity index (χ3v) is 4.90. The molecule has 1 fully saturated rings. The number of carbonyl (C=O) groups is 3. The molecule has 3 N–H and O–H groups in total. The predicted molar refractivity (Wildman–Crippen MR) is 109 cm³/mol. The molecule has 2 heterocycles. The van der Waals surface area contributed by atoms with Crippen LogP contribution >= 0.6 is 0 Å². The molecule has 1 aromatic heterocycles. The van der Waals surface area contributed by atoms with Gasteiger partial charge in [-0.3, -0.25) is 9.59 Å². The largest absolute Gasteiger partial charge is 0.459 e. The van der Waals surface area contributed by atoms with Gasteiger partial charge in [-0.05, 0) is 55.2 Å². The van der Waals surface area contributed by atoms with Crippen molar-refractivity contribution in [3.05, 3.63) is 54.0 Å². The molecule has 2 aromatic rings. The fourth-order valence-electron chi connectivity index (χ4n) is 3.11. The number of amides is 4. The number of likely N-dealkylation sites (tertiary alicyclic amines) is 1. The van der Waals surface area contributed by atoms with Crippen molar-refractivity contribution in [2.45, 2.75) is 19.8 Å². The van der Waals surface area contributed by atoms with E-state index in [4.69, 9.17) is 4.42 Å². The number of nitrogens with one attached hydrogen (secondary N) is 3. The number of nitrogens with zero attached hydrogens (tertiary/aromatic N) is 1. The predicted octanol–water partition coefficient (Wildman–Crippen LogP) is 2.70. The van der Waals surface area contributed by atoms with Gasteiger partial charge in [0.15, 0.2) is 5.76 Å². The first kappa shape index (κ1) is 20.4. The number of anilines is 1. The van der Waals surface area contributed by atoms with Gasteiger partial charge in [-0.1, -0.05) is 6.92 Å². The van der Waals surface area contributed by atoms with Crippen LogP contribution in [0, 0.1) is 5.92 Å². The number of rotatable bonds is 6. The summed E-state index contributed by atoms with van der Waals surface area (Å²) < 4.78 is 4.98. The van der Waals surface area contributed by atoms with Crippen molar-refractivity contribution in [1.82, 2.24) is 15.5 Å². The zero-order valence-electron chi connectivity index (χ0n) is 16.4. The minimum Gasteiger partial charge on any atom is -0.459 e. The topological polar surface area (TPSA) is 104 Å². The molecule has 4 amide bonds. The van der Waals surface area contributed by atoms with Gasteiger partial charge in [-0.25, -0.2) is 4.79 Å². The summed E-state index contributed by atoms with van der Waals surface area (Å²) in [6, 6.07) is 9.67. The smallest absolute Gasteiger partial charge is 0.319 e. The molecule has 154 valence electrons. The molecule has 8 heteroatoms. The first-order valence-electron chi connectivity index (χ1n) is 9.79. The third kappa shape index (κ3) is 5.84. The number of carbonyl (C=O) groups excluding carboxylic acids is 3. The highest BCUT2D eigenvalue weighted by atomic mass is 16.3. The van der Waals surface area contributed by atoms with Crippen LogP contribution in [0.25, 0.3) is 0 Å². The highest BCUT2D eigenvalue weighted by molar-refractivity contribution is 5.95. The molecule has 1 aliphatic heterocycles. The second-order valence-corrected chi connectivity index (χ2v) is 7.17. The van der Waals surface area contributed by atoms with E-state index in [1.807, 2.05) is 4.90 Å². The lowest BCUT2D eigenvalue weighted by atomic mass is 9.98. The molecule has 0 unspecified atom stereocenters.